The normalized spacial score (nSPS) is 14.6. The van der Waals surface area contributed by atoms with Gasteiger partial charge >= 0.3 is 6.03 Å². The molecule has 1 aliphatic heterocycles. The van der Waals surface area contributed by atoms with E-state index in [1.54, 1.807) is 19.1 Å². The molecular weight excluding hydrogens is 248 g/mol. The van der Waals surface area contributed by atoms with Gasteiger partial charge in [-0.15, -0.1) is 6.58 Å². The van der Waals surface area contributed by atoms with Crippen LogP contribution >= 0.6 is 0 Å². The van der Waals surface area contributed by atoms with Crippen LogP contribution in [0.4, 0.5) is 4.79 Å². The molecule has 0 spiro atoms. The van der Waals surface area contributed by atoms with Crippen molar-refractivity contribution in [1.82, 2.24) is 20.5 Å². The molecule has 1 aromatic rings. The maximum Gasteiger partial charge on any atom is 0.336 e. The van der Waals surface area contributed by atoms with Gasteiger partial charge in [0, 0.05) is 25.7 Å². The first-order valence-electron chi connectivity index (χ1n) is 6.05. The minimum Gasteiger partial charge on any atom is -0.361 e. The van der Waals surface area contributed by atoms with E-state index in [0.717, 1.165) is 6.42 Å². The predicted molar refractivity (Wildman–Crippen MR) is 67.2 cm³/mol. The molecule has 102 valence electrons. The van der Waals surface area contributed by atoms with Crippen LogP contribution < -0.4 is 5.32 Å². The lowest BCUT2D eigenvalue weighted by Gasteiger charge is -2.26. The lowest BCUT2D eigenvalue weighted by atomic mass is 10.3. The van der Waals surface area contributed by atoms with Crippen LogP contribution in [-0.2, 0) is 0 Å². The van der Waals surface area contributed by atoms with Gasteiger partial charge in [-0.3, -0.25) is 4.79 Å². The lowest BCUT2D eigenvalue weighted by Crippen LogP contribution is -2.49. The minimum atomic E-state index is -0.330. The Kier molecular flexibility index (Phi) is 3.84. The Balaban J connectivity index is 2.08. The lowest BCUT2D eigenvalue weighted by molar-refractivity contribution is 0.0369. The molecule has 0 atom stereocenters. The van der Waals surface area contributed by atoms with Crippen LogP contribution in [0.5, 0.6) is 0 Å². The highest BCUT2D eigenvalue weighted by atomic mass is 16.5. The van der Waals surface area contributed by atoms with Crippen LogP contribution in [0.25, 0.3) is 0 Å². The van der Waals surface area contributed by atoms with Gasteiger partial charge in [-0.2, -0.15) is 0 Å². The van der Waals surface area contributed by atoms with E-state index in [9.17, 15) is 9.59 Å². The van der Waals surface area contributed by atoms with Crippen LogP contribution in [0.1, 0.15) is 22.7 Å². The van der Waals surface area contributed by atoms with Gasteiger partial charge in [-0.05, 0) is 13.3 Å². The van der Waals surface area contributed by atoms with Gasteiger partial charge in [0.2, 0.25) is 0 Å². The Bertz CT molecular complexity index is 497. The molecule has 0 aliphatic carbocycles. The molecule has 0 saturated carbocycles. The van der Waals surface area contributed by atoms with E-state index >= 15 is 0 Å². The van der Waals surface area contributed by atoms with Crippen molar-refractivity contribution in [2.45, 2.75) is 13.3 Å². The molecule has 0 bridgehead atoms. The number of rotatable bonds is 3. The van der Waals surface area contributed by atoms with Gasteiger partial charge in [0.25, 0.3) is 5.91 Å². The van der Waals surface area contributed by atoms with Crippen molar-refractivity contribution in [3.8, 4) is 0 Å². The van der Waals surface area contributed by atoms with E-state index in [-0.39, 0.29) is 17.6 Å². The Hall–Kier alpha value is -2.31. The summed E-state index contributed by atoms with van der Waals surface area (Å²) >= 11 is 0. The SMILES string of the molecule is C=CCNC(=O)N1CCCN1C(=O)c1cc(C)on1. The molecule has 0 radical (unpaired) electrons. The van der Waals surface area contributed by atoms with Gasteiger partial charge in [-0.1, -0.05) is 11.2 Å². The molecule has 7 nitrogen and oxygen atoms in total. The number of hydrogen-bond donors (Lipinski definition) is 1. The Morgan fingerprint density at radius 2 is 2.26 bits per heavy atom. The highest BCUT2D eigenvalue weighted by Crippen LogP contribution is 2.15. The summed E-state index contributed by atoms with van der Waals surface area (Å²) in [7, 11) is 0. The average molecular weight is 264 g/mol. The van der Waals surface area contributed by atoms with Gasteiger partial charge in [0.15, 0.2) is 5.69 Å². The summed E-state index contributed by atoms with van der Waals surface area (Å²) < 4.78 is 4.88. The Labute approximate surface area is 110 Å². The van der Waals surface area contributed by atoms with E-state index in [1.807, 2.05) is 0 Å². The molecule has 7 heteroatoms. The number of carbonyl (C=O) groups is 2. The minimum absolute atomic E-state index is 0.209. The number of nitrogens with zero attached hydrogens (tertiary/aromatic N) is 3. The number of nitrogens with one attached hydrogen (secondary N) is 1. The summed E-state index contributed by atoms with van der Waals surface area (Å²) in [5.41, 5.74) is 0.209. The fourth-order valence-electron chi connectivity index (χ4n) is 1.88. The van der Waals surface area contributed by atoms with Crippen molar-refractivity contribution < 1.29 is 14.1 Å². The van der Waals surface area contributed by atoms with E-state index in [0.29, 0.717) is 25.4 Å². The summed E-state index contributed by atoms with van der Waals surface area (Å²) in [6.07, 6.45) is 2.32. The van der Waals surface area contributed by atoms with E-state index in [2.05, 4.69) is 17.1 Å². The molecule has 0 aromatic carbocycles. The zero-order valence-corrected chi connectivity index (χ0v) is 10.8. The number of amides is 3. The van der Waals surface area contributed by atoms with Crippen LogP contribution in [0.15, 0.2) is 23.2 Å². The van der Waals surface area contributed by atoms with Crippen molar-refractivity contribution in [3.63, 3.8) is 0 Å². The Morgan fingerprint density at radius 1 is 1.53 bits per heavy atom. The highest BCUT2D eigenvalue weighted by Gasteiger charge is 2.32. The fraction of sp³-hybridized carbons (Fsp3) is 0.417. The maximum absolute atomic E-state index is 12.2. The molecule has 1 N–H and O–H groups in total. The quantitative estimate of drug-likeness (QED) is 0.824. The summed E-state index contributed by atoms with van der Waals surface area (Å²) in [6.45, 7) is 6.60. The number of aryl methyl sites for hydroxylation is 1. The first-order valence-corrected chi connectivity index (χ1v) is 6.05. The van der Waals surface area contributed by atoms with Crippen molar-refractivity contribution in [3.05, 3.63) is 30.2 Å². The first-order chi connectivity index (χ1) is 9.13. The number of hydrogen-bond acceptors (Lipinski definition) is 4. The van der Waals surface area contributed by atoms with Crippen LogP contribution in [0.2, 0.25) is 0 Å². The third-order valence-corrected chi connectivity index (χ3v) is 2.74. The van der Waals surface area contributed by atoms with Crippen molar-refractivity contribution in [2.75, 3.05) is 19.6 Å². The molecule has 1 aromatic heterocycles. The van der Waals surface area contributed by atoms with E-state index in [4.69, 9.17) is 4.52 Å². The van der Waals surface area contributed by atoms with Gasteiger partial charge in [-0.25, -0.2) is 14.8 Å². The summed E-state index contributed by atoms with van der Waals surface area (Å²) in [6, 6.07) is 1.24. The molecule has 1 fully saturated rings. The third kappa shape index (κ3) is 2.75. The molecule has 19 heavy (non-hydrogen) atoms. The fourth-order valence-corrected chi connectivity index (χ4v) is 1.88. The summed E-state index contributed by atoms with van der Waals surface area (Å²) in [5, 5.41) is 9.09. The van der Waals surface area contributed by atoms with Crippen LogP contribution in [0, 0.1) is 6.92 Å². The molecule has 1 saturated heterocycles. The first kappa shape index (κ1) is 13.1. The Morgan fingerprint density at radius 3 is 2.89 bits per heavy atom. The second-order valence-corrected chi connectivity index (χ2v) is 4.20. The zero-order valence-electron chi connectivity index (χ0n) is 10.8. The van der Waals surface area contributed by atoms with Crippen molar-refractivity contribution in [1.29, 1.82) is 0 Å². The van der Waals surface area contributed by atoms with Crippen LogP contribution in [-0.4, -0.2) is 46.7 Å². The predicted octanol–water partition coefficient (Wildman–Crippen LogP) is 0.942. The second-order valence-electron chi connectivity index (χ2n) is 4.20. The molecule has 2 rings (SSSR count). The number of hydrazine groups is 1. The number of urea groups is 1. The van der Waals surface area contributed by atoms with Crippen molar-refractivity contribution >= 4 is 11.9 Å². The summed E-state index contributed by atoms with van der Waals surface area (Å²) in [5.74, 6) is 0.230. The molecular formula is C12H16N4O3. The van der Waals surface area contributed by atoms with Gasteiger partial charge in [0.1, 0.15) is 5.76 Å². The third-order valence-electron chi connectivity index (χ3n) is 2.74. The number of carbonyl (C=O) groups excluding carboxylic acids is 2. The van der Waals surface area contributed by atoms with E-state index < -0.39 is 0 Å². The topological polar surface area (TPSA) is 78.7 Å². The van der Waals surface area contributed by atoms with Crippen molar-refractivity contribution in [2.24, 2.45) is 0 Å². The zero-order chi connectivity index (χ0) is 13.8. The smallest absolute Gasteiger partial charge is 0.336 e. The molecule has 3 amide bonds. The molecule has 1 aliphatic rings. The standard InChI is InChI=1S/C12H16N4O3/c1-3-5-13-12(18)16-7-4-6-15(16)11(17)10-8-9(2)19-14-10/h3,8H,1,4-7H2,2H3,(H,13,18). The average Bonchev–Trinajstić information content (AvgIpc) is 3.03. The molecule has 0 unspecified atom stereocenters. The second kappa shape index (κ2) is 5.55. The van der Waals surface area contributed by atoms with E-state index in [1.165, 1.54) is 10.0 Å². The molecule has 2 heterocycles. The highest BCUT2D eigenvalue weighted by molar-refractivity contribution is 5.93. The van der Waals surface area contributed by atoms with Gasteiger partial charge < -0.3 is 9.84 Å². The largest absolute Gasteiger partial charge is 0.361 e. The monoisotopic (exact) mass is 264 g/mol. The summed E-state index contributed by atoms with van der Waals surface area (Å²) in [4.78, 5) is 24.1. The van der Waals surface area contributed by atoms with Crippen LogP contribution in [0.3, 0.4) is 0 Å². The maximum atomic E-state index is 12.2. The number of aromatic nitrogens is 1. The van der Waals surface area contributed by atoms with Gasteiger partial charge in [0.05, 0.1) is 0 Å².